The average molecular weight is 279 g/mol. The van der Waals surface area contributed by atoms with Crippen LogP contribution in [0.15, 0.2) is 54.9 Å². The fourth-order valence-electron chi connectivity index (χ4n) is 2.80. The molecule has 0 amide bonds. The van der Waals surface area contributed by atoms with Gasteiger partial charge in [-0.2, -0.15) is 0 Å². The molecule has 3 rings (SSSR count). The summed E-state index contributed by atoms with van der Waals surface area (Å²) in [7, 11) is 0. The second-order valence-corrected chi connectivity index (χ2v) is 5.17. The van der Waals surface area contributed by atoms with Gasteiger partial charge in [0.05, 0.1) is 6.04 Å². The van der Waals surface area contributed by atoms with Gasteiger partial charge in [-0.15, -0.1) is 0 Å². The highest BCUT2D eigenvalue weighted by Crippen LogP contribution is 2.24. The molecule has 1 aromatic heterocycles. The van der Waals surface area contributed by atoms with Crippen LogP contribution in [0.2, 0.25) is 0 Å². The third kappa shape index (κ3) is 2.69. The number of fused-ring (bicyclic) bond motifs is 1. The molecular formula is C18H21N3. The normalized spacial score (nSPS) is 12.7. The Morgan fingerprint density at radius 2 is 1.90 bits per heavy atom. The third-order valence-electron chi connectivity index (χ3n) is 3.86. The molecule has 0 saturated heterocycles. The first-order valence-corrected chi connectivity index (χ1v) is 7.56. The Morgan fingerprint density at radius 1 is 1.10 bits per heavy atom. The SMILES string of the molecule is CCNC(c1ccc2ccccc2c1)c1nccn1CC. The molecule has 1 atom stereocenters. The molecule has 0 spiro atoms. The quantitative estimate of drug-likeness (QED) is 0.770. The number of benzene rings is 2. The van der Waals surface area contributed by atoms with Crippen LogP contribution in [0, 0.1) is 0 Å². The van der Waals surface area contributed by atoms with Crippen molar-refractivity contribution in [3.63, 3.8) is 0 Å². The zero-order valence-electron chi connectivity index (χ0n) is 12.6. The van der Waals surface area contributed by atoms with E-state index in [0.29, 0.717) is 0 Å². The fraction of sp³-hybridized carbons (Fsp3) is 0.278. The first-order chi connectivity index (χ1) is 10.3. The first kappa shape index (κ1) is 13.8. The Morgan fingerprint density at radius 3 is 2.67 bits per heavy atom. The summed E-state index contributed by atoms with van der Waals surface area (Å²) in [6.07, 6.45) is 3.92. The molecule has 0 saturated carbocycles. The van der Waals surface area contributed by atoms with E-state index in [-0.39, 0.29) is 6.04 Å². The minimum absolute atomic E-state index is 0.134. The molecule has 108 valence electrons. The van der Waals surface area contributed by atoms with Gasteiger partial charge in [0.2, 0.25) is 0 Å². The average Bonchev–Trinajstić information content (AvgIpc) is 3.00. The van der Waals surface area contributed by atoms with E-state index >= 15 is 0 Å². The first-order valence-electron chi connectivity index (χ1n) is 7.56. The van der Waals surface area contributed by atoms with Gasteiger partial charge < -0.3 is 9.88 Å². The lowest BCUT2D eigenvalue weighted by molar-refractivity contribution is 0.559. The van der Waals surface area contributed by atoms with E-state index in [9.17, 15) is 0 Å². The Bertz CT molecular complexity index is 730. The maximum atomic E-state index is 4.56. The molecule has 0 bridgehead atoms. The van der Waals surface area contributed by atoms with Gasteiger partial charge in [-0.05, 0) is 35.9 Å². The van der Waals surface area contributed by atoms with Gasteiger partial charge in [0.1, 0.15) is 5.82 Å². The summed E-state index contributed by atoms with van der Waals surface area (Å²) in [5.74, 6) is 1.08. The Labute approximate surface area is 125 Å². The van der Waals surface area contributed by atoms with Gasteiger partial charge >= 0.3 is 0 Å². The van der Waals surface area contributed by atoms with Crippen LogP contribution in [-0.2, 0) is 6.54 Å². The van der Waals surface area contributed by atoms with E-state index in [4.69, 9.17) is 0 Å². The maximum absolute atomic E-state index is 4.56. The molecule has 3 aromatic rings. The smallest absolute Gasteiger partial charge is 0.130 e. The van der Waals surface area contributed by atoms with Gasteiger partial charge in [-0.3, -0.25) is 0 Å². The van der Waals surface area contributed by atoms with Crippen molar-refractivity contribution < 1.29 is 0 Å². The highest BCUT2D eigenvalue weighted by Gasteiger charge is 2.18. The molecule has 1 heterocycles. The van der Waals surface area contributed by atoms with E-state index in [2.05, 4.69) is 71.2 Å². The van der Waals surface area contributed by atoms with E-state index < -0.39 is 0 Å². The summed E-state index contributed by atoms with van der Waals surface area (Å²) in [6, 6.07) is 15.3. The number of hydrogen-bond acceptors (Lipinski definition) is 2. The molecule has 0 fully saturated rings. The van der Waals surface area contributed by atoms with Crippen molar-refractivity contribution in [2.45, 2.75) is 26.4 Å². The van der Waals surface area contributed by atoms with Crippen molar-refractivity contribution in [3.8, 4) is 0 Å². The van der Waals surface area contributed by atoms with E-state index in [1.807, 2.05) is 12.4 Å². The summed E-state index contributed by atoms with van der Waals surface area (Å²) in [5.41, 5.74) is 1.26. The predicted octanol–water partition coefficient (Wildman–Crippen LogP) is 3.76. The third-order valence-corrected chi connectivity index (χ3v) is 3.86. The number of aromatic nitrogens is 2. The topological polar surface area (TPSA) is 29.9 Å². The highest BCUT2D eigenvalue weighted by molar-refractivity contribution is 5.83. The molecule has 0 aliphatic heterocycles. The van der Waals surface area contributed by atoms with Gasteiger partial charge in [-0.25, -0.2) is 4.98 Å². The van der Waals surface area contributed by atoms with Gasteiger partial charge in [0.25, 0.3) is 0 Å². The number of imidazole rings is 1. The molecule has 1 unspecified atom stereocenters. The molecule has 3 heteroatoms. The summed E-state index contributed by atoms with van der Waals surface area (Å²) in [6.45, 7) is 6.13. The lowest BCUT2D eigenvalue weighted by atomic mass is 10.0. The Balaban J connectivity index is 2.06. The minimum atomic E-state index is 0.134. The summed E-state index contributed by atoms with van der Waals surface area (Å²) in [5, 5.41) is 6.10. The molecule has 1 N–H and O–H groups in total. The van der Waals surface area contributed by atoms with Crippen molar-refractivity contribution in [2.24, 2.45) is 0 Å². The van der Waals surface area contributed by atoms with Crippen molar-refractivity contribution in [3.05, 3.63) is 66.2 Å². The molecule has 0 radical (unpaired) electrons. The van der Waals surface area contributed by atoms with E-state index in [1.165, 1.54) is 16.3 Å². The fourth-order valence-corrected chi connectivity index (χ4v) is 2.80. The molecule has 3 nitrogen and oxygen atoms in total. The lowest BCUT2D eigenvalue weighted by Crippen LogP contribution is -2.25. The lowest BCUT2D eigenvalue weighted by Gasteiger charge is -2.19. The summed E-state index contributed by atoms with van der Waals surface area (Å²) >= 11 is 0. The Hall–Kier alpha value is -2.13. The zero-order valence-corrected chi connectivity index (χ0v) is 12.6. The number of nitrogens with one attached hydrogen (secondary N) is 1. The van der Waals surface area contributed by atoms with Crippen molar-refractivity contribution in [2.75, 3.05) is 6.54 Å². The zero-order chi connectivity index (χ0) is 14.7. The molecule has 0 aliphatic rings. The van der Waals surface area contributed by atoms with Crippen LogP contribution in [0.3, 0.4) is 0 Å². The van der Waals surface area contributed by atoms with Crippen molar-refractivity contribution >= 4 is 10.8 Å². The van der Waals surface area contributed by atoms with Gasteiger partial charge in [0.15, 0.2) is 0 Å². The van der Waals surface area contributed by atoms with Gasteiger partial charge in [0, 0.05) is 18.9 Å². The summed E-state index contributed by atoms with van der Waals surface area (Å²) < 4.78 is 2.20. The number of rotatable bonds is 5. The van der Waals surface area contributed by atoms with Crippen LogP contribution in [0.25, 0.3) is 10.8 Å². The minimum Gasteiger partial charge on any atom is -0.334 e. The standard InChI is InChI=1S/C18H21N3/c1-3-19-17(18-20-11-12-21(18)4-2)16-10-9-14-7-5-6-8-15(14)13-16/h5-13,17,19H,3-4H2,1-2H3. The van der Waals surface area contributed by atoms with Crippen molar-refractivity contribution in [1.29, 1.82) is 0 Å². The number of nitrogens with zero attached hydrogens (tertiary/aromatic N) is 2. The number of hydrogen-bond donors (Lipinski definition) is 1. The molecule has 0 aliphatic carbocycles. The van der Waals surface area contributed by atoms with Crippen LogP contribution in [0.4, 0.5) is 0 Å². The Kier molecular flexibility index (Phi) is 4.02. The highest BCUT2D eigenvalue weighted by atomic mass is 15.1. The summed E-state index contributed by atoms with van der Waals surface area (Å²) in [4.78, 5) is 4.56. The molecule has 21 heavy (non-hydrogen) atoms. The van der Waals surface area contributed by atoms with Crippen LogP contribution < -0.4 is 5.32 Å². The maximum Gasteiger partial charge on any atom is 0.130 e. The predicted molar refractivity (Wildman–Crippen MR) is 87.4 cm³/mol. The second kappa shape index (κ2) is 6.10. The van der Waals surface area contributed by atoms with Gasteiger partial charge in [-0.1, -0.05) is 43.3 Å². The largest absolute Gasteiger partial charge is 0.334 e. The van der Waals surface area contributed by atoms with Crippen LogP contribution in [-0.4, -0.2) is 16.1 Å². The van der Waals surface area contributed by atoms with Crippen LogP contribution in [0.1, 0.15) is 31.3 Å². The molecular weight excluding hydrogens is 258 g/mol. The van der Waals surface area contributed by atoms with Crippen molar-refractivity contribution in [1.82, 2.24) is 14.9 Å². The second-order valence-electron chi connectivity index (χ2n) is 5.17. The van der Waals surface area contributed by atoms with Crippen LogP contribution in [0.5, 0.6) is 0 Å². The molecule has 2 aromatic carbocycles. The van der Waals surface area contributed by atoms with E-state index in [1.54, 1.807) is 0 Å². The monoisotopic (exact) mass is 279 g/mol. The number of aryl methyl sites for hydroxylation is 1. The van der Waals surface area contributed by atoms with Crippen LogP contribution >= 0.6 is 0 Å². The van der Waals surface area contributed by atoms with E-state index in [0.717, 1.165) is 18.9 Å².